The third kappa shape index (κ3) is 5.49. The SMILES string of the molecule is CC=C(C(=O)OCC)C(C)(S)P(=O)(CCCC)CCCC. The molecule has 21 heavy (non-hydrogen) atoms. The van der Waals surface area contributed by atoms with E-state index in [-0.39, 0.29) is 0 Å². The fourth-order valence-corrected chi connectivity index (χ4v) is 6.62. The van der Waals surface area contributed by atoms with Crippen LogP contribution in [-0.4, -0.2) is 29.4 Å². The van der Waals surface area contributed by atoms with Crippen LogP contribution in [0.2, 0.25) is 0 Å². The first kappa shape index (κ1) is 20.8. The van der Waals surface area contributed by atoms with Crippen LogP contribution in [-0.2, 0) is 14.1 Å². The van der Waals surface area contributed by atoms with Crippen LogP contribution in [0.4, 0.5) is 0 Å². The van der Waals surface area contributed by atoms with Crippen molar-refractivity contribution in [3.63, 3.8) is 0 Å². The van der Waals surface area contributed by atoms with Gasteiger partial charge in [-0.2, -0.15) is 12.6 Å². The van der Waals surface area contributed by atoms with E-state index in [4.69, 9.17) is 4.74 Å². The molecule has 0 saturated carbocycles. The molecule has 0 aromatic rings. The lowest BCUT2D eigenvalue weighted by Gasteiger charge is -2.35. The monoisotopic (exact) mass is 334 g/mol. The Bertz CT molecular complexity index is 390. The highest BCUT2D eigenvalue weighted by atomic mass is 32.1. The van der Waals surface area contributed by atoms with Crippen LogP contribution >= 0.6 is 19.8 Å². The van der Waals surface area contributed by atoms with Crippen molar-refractivity contribution in [1.29, 1.82) is 0 Å². The number of thiol groups is 1. The lowest BCUT2D eigenvalue weighted by Crippen LogP contribution is -2.29. The van der Waals surface area contributed by atoms with Crippen molar-refractivity contribution >= 4 is 25.7 Å². The lowest BCUT2D eigenvalue weighted by atomic mass is 10.2. The van der Waals surface area contributed by atoms with Gasteiger partial charge in [0.1, 0.15) is 7.14 Å². The molecule has 0 aliphatic rings. The normalized spacial score (nSPS) is 15.6. The molecular weight excluding hydrogens is 303 g/mol. The Labute approximate surface area is 135 Å². The molecule has 0 bridgehead atoms. The van der Waals surface area contributed by atoms with Gasteiger partial charge in [0.2, 0.25) is 0 Å². The molecule has 0 heterocycles. The number of carbonyl (C=O) groups excluding carboxylic acids is 1. The molecule has 0 saturated heterocycles. The average molecular weight is 334 g/mol. The quantitative estimate of drug-likeness (QED) is 0.261. The Hall–Kier alpha value is -0.210. The van der Waals surface area contributed by atoms with Gasteiger partial charge in [0.05, 0.1) is 16.7 Å². The Morgan fingerprint density at radius 3 is 2.00 bits per heavy atom. The lowest BCUT2D eigenvalue weighted by molar-refractivity contribution is -0.138. The van der Waals surface area contributed by atoms with E-state index in [1.807, 2.05) is 6.92 Å². The molecule has 124 valence electrons. The van der Waals surface area contributed by atoms with Crippen molar-refractivity contribution in [3.8, 4) is 0 Å². The highest BCUT2D eigenvalue weighted by Gasteiger charge is 2.45. The number of ether oxygens (including phenoxy) is 1. The van der Waals surface area contributed by atoms with E-state index >= 15 is 0 Å². The molecule has 0 fully saturated rings. The molecule has 0 radical (unpaired) electrons. The van der Waals surface area contributed by atoms with Gasteiger partial charge < -0.3 is 9.30 Å². The summed E-state index contributed by atoms with van der Waals surface area (Å²) in [6, 6.07) is 0. The second-order valence-corrected chi connectivity index (χ2v) is 10.3. The van der Waals surface area contributed by atoms with E-state index in [2.05, 4.69) is 26.5 Å². The number of rotatable bonds is 10. The number of unbranched alkanes of at least 4 members (excludes halogenated alkanes) is 2. The predicted octanol–water partition coefficient (Wildman–Crippen LogP) is 5.11. The summed E-state index contributed by atoms with van der Waals surface area (Å²) in [6.45, 7) is 9.85. The maximum absolute atomic E-state index is 13.5. The highest BCUT2D eigenvalue weighted by molar-refractivity contribution is 7.94. The van der Waals surface area contributed by atoms with Gasteiger partial charge in [-0.25, -0.2) is 4.79 Å². The first-order chi connectivity index (χ1) is 9.80. The highest BCUT2D eigenvalue weighted by Crippen LogP contribution is 2.64. The molecule has 1 atom stereocenters. The molecule has 0 N–H and O–H groups in total. The van der Waals surface area contributed by atoms with Gasteiger partial charge in [-0.3, -0.25) is 0 Å². The Morgan fingerprint density at radius 2 is 1.67 bits per heavy atom. The fourth-order valence-electron chi connectivity index (χ4n) is 2.39. The van der Waals surface area contributed by atoms with Crippen LogP contribution in [0.25, 0.3) is 0 Å². The van der Waals surface area contributed by atoms with E-state index in [0.29, 0.717) is 24.5 Å². The molecule has 1 unspecified atom stereocenters. The third-order valence-corrected chi connectivity index (χ3v) is 9.07. The standard InChI is InChI=1S/C16H31O3PS/c1-6-10-12-20(18,13-11-7-2)16(5,21)14(8-3)15(17)19-9-4/h8,21H,6-7,9-13H2,1-5H3. The third-order valence-electron chi connectivity index (χ3n) is 3.83. The average Bonchev–Trinajstić information content (AvgIpc) is 2.43. The van der Waals surface area contributed by atoms with Crippen LogP contribution in [0.5, 0.6) is 0 Å². The molecular formula is C16H31O3PS. The molecule has 0 aliphatic carbocycles. The van der Waals surface area contributed by atoms with E-state index in [9.17, 15) is 9.36 Å². The maximum atomic E-state index is 13.5. The Kier molecular flexibility index (Phi) is 9.64. The zero-order valence-electron chi connectivity index (χ0n) is 14.1. The predicted molar refractivity (Wildman–Crippen MR) is 94.9 cm³/mol. The van der Waals surface area contributed by atoms with Gasteiger partial charge in [-0.05, 0) is 33.6 Å². The number of allylic oxidation sites excluding steroid dienone is 1. The van der Waals surface area contributed by atoms with Crippen molar-refractivity contribution < 1.29 is 14.1 Å². The van der Waals surface area contributed by atoms with E-state index in [1.54, 1.807) is 19.9 Å². The van der Waals surface area contributed by atoms with E-state index in [0.717, 1.165) is 25.7 Å². The van der Waals surface area contributed by atoms with Gasteiger partial charge in [-0.1, -0.05) is 32.8 Å². The summed E-state index contributed by atoms with van der Waals surface area (Å²) in [4.78, 5) is 12.2. The molecule has 0 amide bonds. The number of hydrogen-bond donors (Lipinski definition) is 1. The number of carbonyl (C=O) groups is 1. The molecule has 0 aromatic carbocycles. The van der Waals surface area contributed by atoms with Crippen molar-refractivity contribution in [1.82, 2.24) is 0 Å². The Morgan fingerprint density at radius 1 is 1.19 bits per heavy atom. The van der Waals surface area contributed by atoms with Crippen LogP contribution in [0, 0.1) is 0 Å². The second-order valence-electron chi connectivity index (χ2n) is 5.49. The zero-order chi connectivity index (χ0) is 16.5. The zero-order valence-corrected chi connectivity index (χ0v) is 15.9. The van der Waals surface area contributed by atoms with Gasteiger partial charge in [0, 0.05) is 12.3 Å². The van der Waals surface area contributed by atoms with Crippen LogP contribution < -0.4 is 0 Å². The minimum Gasteiger partial charge on any atom is -0.463 e. The molecule has 0 aromatic heterocycles. The largest absolute Gasteiger partial charge is 0.463 e. The van der Waals surface area contributed by atoms with Crippen molar-refractivity contribution in [2.45, 2.75) is 64.8 Å². The van der Waals surface area contributed by atoms with E-state index < -0.39 is 17.6 Å². The summed E-state index contributed by atoms with van der Waals surface area (Å²) in [5.41, 5.74) is 0.434. The summed E-state index contributed by atoms with van der Waals surface area (Å²) >= 11 is 4.69. The van der Waals surface area contributed by atoms with Crippen LogP contribution in [0.1, 0.15) is 60.3 Å². The molecule has 0 rings (SSSR count). The van der Waals surface area contributed by atoms with Crippen LogP contribution in [0.15, 0.2) is 11.6 Å². The van der Waals surface area contributed by atoms with Gasteiger partial charge in [-0.15, -0.1) is 0 Å². The van der Waals surface area contributed by atoms with Crippen molar-refractivity contribution in [2.75, 3.05) is 18.9 Å². The summed E-state index contributed by atoms with van der Waals surface area (Å²) in [7, 11) is -2.61. The summed E-state index contributed by atoms with van der Waals surface area (Å²) in [5, 5.41) is 0. The molecule has 5 heteroatoms. The number of hydrogen-bond acceptors (Lipinski definition) is 4. The molecule has 0 aliphatic heterocycles. The smallest absolute Gasteiger partial charge is 0.335 e. The fraction of sp³-hybridized carbons (Fsp3) is 0.812. The second kappa shape index (κ2) is 9.74. The van der Waals surface area contributed by atoms with Crippen molar-refractivity contribution in [3.05, 3.63) is 11.6 Å². The number of esters is 1. The van der Waals surface area contributed by atoms with Crippen LogP contribution in [0.3, 0.4) is 0 Å². The Balaban J connectivity index is 5.50. The van der Waals surface area contributed by atoms with Gasteiger partial charge >= 0.3 is 5.97 Å². The van der Waals surface area contributed by atoms with Gasteiger partial charge in [0.25, 0.3) is 0 Å². The maximum Gasteiger partial charge on any atom is 0.335 e. The molecule has 3 nitrogen and oxygen atoms in total. The topological polar surface area (TPSA) is 43.4 Å². The molecule has 0 spiro atoms. The first-order valence-corrected chi connectivity index (χ1v) is 10.5. The summed E-state index contributed by atoms with van der Waals surface area (Å²) in [5.74, 6) is -0.397. The minimum absolute atomic E-state index is 0.314. The van der Waals surface area contributed by atoms with Gasteiger partial charge in [0.15, 0.2) is 0 Å². The van der Waals surface area contributed by atoms with Crippen molar-refractivity contribution in [2.24, 2.45) is 0 Å². The first-order valence-electron chi connectivity index (χ1n) is 7.95. The minimum atomic E-state index is -2.61. The van der Waals surface area contributed by atoms with E-state index in [1.165, 1.54) is 0 Å². The summed E-state index contributed by atoms with van der Waals surface area (Å²) < 4.78 is 17.7. The summed E-state index contributed by atoms with van der Waals surface area (Å²) in [6.07, 6.45) is 6.76.